The third kappa shape index (κ3) is 2.85. The molecule has 1 aromatic carbocycles. The van der Waals surface area contributed by atoms with Crippen molar-refractivity contribution >= 4 is 21.4 Å². The first-order valence-electron chi connectivity index (χ1n) is 7.41. The van der Waals surface area contributed by atoms with Gasteiger partial charge in [-0.25, -0.2) is 0 Å². The van der Waals surface area contributed by atoms with Crippen LogP contribution in [-0.2, 0) is 0 Å². The van der Waals surface area contributed by atoms with E-state index in [1.54, 1.807) is 0 Å². The van der Waals surface area contributed by atoms with Crippen molar-refractivity contribution in [2.24, 2.45) is 0 Å². The van der Waals surface area contributed by atoms with Crippen LogP contribution in [0.2, 0.25) is 0 Å². The van der Waals surface area contributed by atoms with Crippen LogP contribution in [0.3, 0.4) is 0 Å². The van der Waals surface area contributed by atoms with Gasteiger partial charge in [0.15, 0.2) is 0 Å². The molecule has 0 aliphatic rings. The van der Waals surface area contributed by atoms with Crippen LogP contribution in [-0.4, -0.2) is 11.5 Å². The highest BCUT2D eigenvalue weighted by Crippen LogP contribution is 2.36. The number of rotatable bonds is 5. The highest BCUT2D eigenvalue weighted by atomic mass is 32.1. The van der Waals surface area contributed by atoms with Crippen molar-refractivity contribution in [3.05, 3.63) is 65.3 Å². The van der Waals surface area contributed by atoms with Crippen molar-refractivity contribution < 1.29 is 0 Å². The number of hydrogen-bond acceptors (Lipinski definition) is 3. The normalized spacial score (nSPS) is 14.2. The molecule has 0 saturated carbocycles. The molecule has 2 aromatic heterocycles. The predicted molar refractivity (Wildman–Crippen MR) is 90.9 cm³/mol. The number of likely N-dealkylation sites (N-methyl/N-ethyl adjacent to an activating group) is 1. The van der Waals surface area contributed by atoms with Gasteiger partial charge in [0.1, 0.15) is 0 Å². The second-order valence-electron chi connectivity index (χ2n) is 5.27. The van der Waals surface area contributed by atoms with Crippen LogP contribution in [0.4, 0.5) is 0 Å². The summed E-state index contributed by atoms with van der Waals surface area (Å²) in [6.07, 6.45) is 1.88. The Labute approximate surface area is 129 Å². The fraction of sp³-hybridized carbons (Fsp3) is 0.278. The fourth-order valence-electron chi connectivity index (χ4n) is 2.83. The fourth-order valence-corrected chi connectivity index (χ4v) is 3.83. The maximum atomic E-state index is 4.54. The van der Waals surface area contributed by atoms with Gasteiger partial charge in [0.2, 0.25) is 0 Å². The summed E-state index contributed by atoms with van der Waals surface area (Å²) in [6, 6.07) is 15.1. The second kappa shape index (κ2) is 6.37. The molecule has 0 amide bonds. The van der Waals surface area contributed by atoms with Crippen molar-refractivity contribution in [2.75, 3.05) is 6.54 Å². The minimum atomic E-state index is 0.293. The third-order valence-corrected chi connectivity index (χ3v) is 4.91. The molecule has 3 aromatic rings. The van der Waals surface area contributed by atoms with E-state index in [1.807, 2.05) is 23.6 Å². The molecular formula is C18H20N2S. The Kier molecular flexibility index (Phi) is 4.32. The summed E-state index contributed by atoms with van der Waals surface area (Å²) in [5, 5.41) is 7.29. The third-order valence-electron chi connectivity index (χ3n) is 3.92. The van der Waals surface area contributed by atoms with E-state index >= 15 is 0 Å². The molecule has 0 aliphatic carbocycles. The number of benzene rings is 1. The Morgan fingerprint density at radius 2 is 1.95 bits per heavy atom. The van der Waals surface area contributed by atoms with E-state index in [0.29, 0.717) is 12.0 Å². The molecule has 0 aliphatic heterocycles. The average Bonchev–Trinajstić information content (AvgIpc) is 2.97. The van der Waals surface area contributed by atoms with Gasteiger partial charge in [-0.3, -0.25) is 4.98 Å². The van der Waals surface area contributed by atoms with Gasteiger partial charge >= 0.3 is 0 Å². The van der Waals surface area contributed by atoms with Crippen LogP contribution in [0.25, 0.3) is 10.1 Å². The van der Waals surface area contributed by atoms with E-state index in [4.69, 9.17) is 0 Å². The lowest BCUT2D eigenvalue weighted by Gasteiger charge is -2.24. The monoisotopic (exact) mass is 296 g/mol. The molecule has 21 heavy (non-hydrogen) atoms. The number of hydrogen-bond donors (Lipinski definition) is 1. The molecule has 0 spiro atoms. The van der Waals surface area contributed by atoms with Gasteiger partial charge in [-0.05, 0) is 41.1 Å². The summed E-state index contributed by atoms with van der Waals surface area (Å²) < 4.78 is 1.35. The van der Waals surface area contributed by atoms with Crippen molar-refractivity contribution in [1.29, 1.82) is 0 Å². The van der Waals surface area contributed by atoms with Gasteiger partial charge in [0.05, 0.1) is 0 Å². The smallest absolute Gasteiger partial charge is 0.0450 e. The maximum absolute atomic E-state index is 4.54. The van der Waals surface area contributed by atoms with Crippen LogP contribution < -0.4 is 5.32 Å². The highest BCUT2D eigenvalue weighted by molar-refractivity contribution is 7.17. The predicted octanol–water partition coefficient (Wildman–Crippen LogP) is 4.75. The SMILES string of the molecule is CCNC(c1csc2ccccc12)C(C)c1ccccn1. The first-order valence-corrected chi connectivity index (χ1v) is 8.29. The van der Waals surface area contributed by atoms with Crippen LogP contribution >= 0.6 is 11.3 Å². The Bertz CT molecular complexity index is 705. The lowest BCUT2D eigenvalue weighted by Crippen LogP contribution is -2.26. The summed E-state index contributed by atoms with van der Waals surface area (Å²) in [7, 11) is 0. The molecule has 0 saturated heterocycles. The van der Waals surface area contributed by atoms with E-state index in [1.165, 1.54) is 15.6 Å². The molecule has 0 bridgehead atoms. The molecule has 3 heteroatoms. The van der Waals surface area contributed by atoms with Gasteiger partial charge in [0, 0.05) is 28.6 Å². The van der Waals surface area contributed by atoms with Crippen molar-refractivity contribution in [3.63, 3.8) is 0 Å². The van der Waals surface area contributed by atoms with Gasteiger partial charge in [-0.15, -0.1) is 11.3 Å². The lowest BCUT2D eigenvalue weighted by molar-refractivity contribution is 0.476. The summed E-state index contributed by atoms with van der Waals surface area (Å²) in [6.45, 7) is 5.36. The summed E-state index contributed by atoms with van der Waals surface area (Å²) in [4.78, 5) is 4.54. The van der Waals surface area contributed by atoms with Crippen molar-refractivity contribution in [2.45, 2.75) is 25.8 Å². The zero-order valence-electron chi connectivity index (χ0n) is 12.4. The standard InChI is InChI=1S/C18H20N2S/c1-3-19-18(13(2)16-9-6-7-11-20-16)15-12-21-17-10-5-4-8-14(15)17/h4-13,18-19H,3H2,1-2H3. The van der Waals surface area contributed by atoms with E-state index < -0.39 is 0 Å². The largest absolute Gasteiger partial charge is 0.310 e. The Balaban J connectivity index is 2.01. The topological polar surface area (TPSA) is 24.9 Å². The van der Waals surface area contributed by atoms with Gasteiger partial charge in [0.25, 0.3) is 0 Å². The van der Waals surface area contributed by atoms with E-state index in [-0.39, 0.29) is 0 Å². The van der Waals surface area contributed by atoms with E-state index in [2.05, 4.69) is 65.9 Å². The van der Waals surface area contributed by atoms with E-state index in [9.17, 15) is 0 Å². The Hall–Kier alpha value is -1.71. The minimum absolute atomic E-state index is 0.293. The first kappa shape index (κ1) is 14.2. The zero-order valence-corrected chi connectivity index (χ0v) is 13.2. The van der Waals surface area contributed by atoms with Crippen LogP contribution in [0.5, 0.6) is 0 Å². The van der Waals surface area contributed by atoms with Crippen LogP contribution in [0, 0.1) is 0 Å². The van der Waals surface area contributed by atoms with Gasteiger partial charge in [-0.2, -0.15) is 0 Å². The minimum Gasteiger partial charge on any atom is -0.310 e. The molecule has 2 unspecified atom stereocenters. The zero-order chi connectivity index (χ0) is 14.7. The summed E-state index contributed by atoms with van der Waals surface area (Å²) in [5.74, 6) is 0.337. The molecular weight excluding hydrogens is 276 g/mol. The number of nitrogens with one attached hydrogen (secondary N) is 1. The molecule has 0 radical (unpaired) electrons. The van der Waals surface area contributed by atoms with Gasteiger partial charge < -0.3 is 5.32 Å². The number of aromatic nitrogens is 1. The average molecular weight is 296 g/mol. The molecule has 3 rings (SSSR count). The number of nitrogens with zero attached hydrogens (tertiary/aromatic N) is 1. The lowest BCUT2D eigenvalue weighted by atomic mass is 9.91. The molecule has 0 fully saturated rings. The number of thiophene rings is 1. The van der Waals surface area contributed by atoms with Crippen LogP contribution in [0.15, 0.2) is 54.0 Å². The molecule has 1 N–H and O–H groups in total. The highest BCUT2D eigenvalue weighted by Gasteiger charge is 2.23. The summed E-state index contributed by atoms with van der Waals surface area (Å²) >= 11 is 1.82. The quantitative estimate of drug-likeness (QED) is 0.735. The molecule has 2 nitrogen and oxygen atoms in total. The second-order valence-corrected chi connectivity index (χ2v) is 6.18. The van der Waals surface area contributed by atoms with Crippen molar-refractivity contribution in [3.8, 4) is 0 Å². The number of fused-ring (bicyclic) bond motifs is 1. The van der Waals surface area contributed by atoms with Gasteiger partial charge in [-0.1, -0.05) is 38.1 Å². The number of pyridine rings is 1. The maximum Gasteiger partial charge on any atom is 0.0450 e. The van der Waals surface area contributed by atoms with Crippen molar-refractivity contribution in [1.82, 2.24) is 10.3 Å². The summed E-state index contributed by atoms with van der Waals surface area (Å²) in [5.41, 5.74) is 2.52. The Morgan fingerprint density at radius 1 is 1.14 bits per heavy atom. The first-order chi connectivity index (χ1) is 10.3. The molecule has 2 atom stereocenters. The van der Waals surface area contributed by atoms with E-state index in [0.717, 1.165) is 12.2 Å². The molecule has 2 heterocycles. The Morgan fingerprint density at radius 3 is 2.71 bits per heavy atom. The molecule has 108 valence electrons. The van der Waals surface area contributed by atoms with Crippen LogP contribution in [0.1, 0.15) is 37.1 Å².